The molecule has 0 aromatic heterocycles. The van der Waals surface area contributed by atoms with Crippen LogP contribution in [-0.2, 0) is 4.74 Å². The van der Waals surface area contributed by atoms with Gasteiger partial charge in [-0.05, 0) is 25.8 Å². The molecule has 1 heterocycles. The normalized spacial score (nSPS) is 25.6. The molecule has 1 aromatic carbocycles. The largest absolute Gasteiger partial charge is 0.394 e. The molecule has 2 rings (SSSR count). The van der Waals surface area contributed by atoms with Crippen LogP contribution in [0, 0.1) is 6.92 Å². The Morgan fingerprint density at radius 2 is 2.25 bits per heavy atom. The molecular weight excluding hydrogens is 252 g/mol. The van der Waals surface area contributed by atoms with E-state index in [1.807, 2.05) is 0 Å². The van der Waals surface area contributed by atoms with E-state index in [2.05, 4.69) is 43.0 Å². The monoisotopic (exact) mass is 278 g/mol. The van der Waals surface area contributed by atoms with Gasteiger partial charge >= 0.3 is 0 Å². The molecule has 4 heteroatoms. The Kier molecular flexibility index (Phi) is 5.54. The minimum absolute atomic E-state index is 0.0612. The van der Waals surface area contributed by atoms with Gasteiger partial charge in [0.1, 0.15) is 0 Å². The van der Waals surface area contributed by atoms with Gasteiger partial charge in [-0.15, -0.1) is 0 Å². The molecule has 1 aliphatic rings. The van der Waals surface area contributed by atoms with Crippen molar-refractivity contribution in [1.82, 2.24) is 4.90 Å². The van der Waals surface area contributed by atoms with Crippen LogP contribution in [0.5, 0.6) is 0 Å². The van der Waals surface area contributed by atoms with Crippen LogP contribution in [0.4, 0.5) is 0 Å². The van der Waals surface area contributed by atoms with Crippen molar-refractivity contribution in [3.8, 4) is 0 Å². The van der Waals surface area contributed by atoms with Gasteiger partial charge in [0, 0.05) is 25.7 Å². The van der Waals surface area contributed by atoms with Crippen molar-refractivity contribution in [3.05, 3.63) is 35.4 Å². The number of aliphatic hydroxyl groups is 1. The van der Waals surface area contributed by atoms with Gasteiger partial charge in [0.15, 0.2) is 0 Å². The smallest absolute Gasteiger partial charge is 0.0936 e. The second kappa shape index (κ2) is 7.18. The summed E-state index contributed by atoms with van der Waals surface area (Å²) in [5, 5.41) is 9.24. The Bertz CT molecular complexity index is 425. The lowest BCUT2D eigenvalue weighted by molar-refractivity contribution is -0.0954. The second-order valence-electron chi connectivity index (χ2n) is 5.82. The first-order valence-corrected chi connectivity index (χ1v) is 7.39. The summed E-state index contributed by atoms with van der Waals surface area (Å²) in [4.78, 5) is 2.34. The molecule has 0 saturated carbocycles. The van der Waals surface area contributed by atoms with Gasteiger partial charge in [-0.2, -0.15) is 0 Å². The summed E-state index contributed by atoms with van der Waals surface area (Å²) in [7, 11) is 0. The average Bonchev–Trinajstić information content (AvgIpc) is 2.44. The summed E-state index contributed by atoms with van der Waals surface area (Å²) in [6, 6.07) is 8.47. The van der Waals surface area contributed by atoms with Crippen molar-refractivity contribution in [2.75, 3.05) is 26.2 Å². The number of nitrogens with two attached hydrogens (primary N) is 1. The van der Waals surface area contributed by atoms with Crippen LogP contribution in [0.2, 0.25) is 0 Å². The van der Waals surface area contributed by atoms with Crippen molar-refractivity contribution < 1.29 is 9.84 Å². The highest BCUT2D eigenvalue weighted by atomic mass is 16.5. The van der Waals surface area contributed by atoms with Crippen LogP contribution in [-0.4, -0.2) is 48.5 Å². The predicted octanol–water partition coefficient (Wildman–Crippen LogP) is 1.47. The number of morpholine rings is 1. The molecule has 0 radical (unpaired) electrons. The molecular formula is C16H26N2O2. The Morgan fingerprint density at radius 1 is 1.45 bits per heavy atom. The van der Waals surface area contributed by atoms with Gasteiger partial charge in [-0.3, -0.25) is 4.90 Å². The summed E-state index contributed by atoms with van der Waals surface area (Å²) < 4.78 is 5.65. The van der Waals surface area contributed by atoms with Gasteiger partial charge in [-0.1, -0.05) is 29.8 Å². The molecule has 1 aliphatic heterocycles. The third kappa shape index (κ3) is 4.28. The lowest BCUT2D eigenvalue weighted by Crippen LogP contribution is -2.48. The maximum Gasteiger partial charge on any atom is 0.0936 e. The minimum Gasteiger partial charge on any atom is -0.394 e. The number of benzene rings is 1. The fraction of sp³-hybridized carbons (Fsp3) is 0.625. The highest BCUT2D eigenvalue weighted by Crippen LogP contribution is 2.18. The van der Waals surface area contributed by atoms with Crippen LogP contribution in [0.15, 0.2) is 24.3 Å². The summed E-state index contributed by atoms with van der Waals surface area (Å²) in [6.45, 7) is 6.88. The molecule has 3 N–H and O–H groups in total. The van der Waals surface area contributed by atoms with Crippen molar-refractivity contribution >= 4 is 0 Å². The molecule has 0 amide bonds. The van der Waals surface area contributed by atoms with Crippen LogP contribution >= 0.6 is 0 Å². The zero-order valence-corrected chi connectivity index (χ0v) is 12.5. The quantitative estimate of drug-likeness (QED) is 0.856. The predicted molar refractivity (Wildman–Crippen MR) is 80.6 cm³/mol. The van der Waals surface area contributed by atoms with E-state index >= 15 is 0 Å². The Morgan fingerprint density at radius 3 is 2.95 bits per heavy atom. The number of ether oxygens (including phenoxy) is 1. The molecule has 3 unspecified atom stereocenters. The number of rotatable bonds is 5. The Balaban J connectivity index is 1.85. The number of aryl methyl sites for hydroxylation is 1. The summed E-state index contributed by atoms with van der Waals surface area (Å²) in [6.07, 6.45) is 1.04. The minimum atomic E-state index is -0.0612. The molecule has 0 aliphatic carbocycles. The maximum atomic E-state index is 9.24. The zero-order chi connectivity index (χ0) is 14.5. The van der Waals surface area contributed by atoms with Crippen LogP contribution in [0.1, 0.15) is 30.5 Å². The van der Waals surface area contributed by atoms with Gasteiger partial charge in [0.05, 0.1) is 18.8 Å². The molecule has 1 fully saturated rings. The highest BCUT2D eigenvalue weighted by Gasteiger charge is 2.24. The van der Waals surface area contributed by atoms with E-state index in [9.17, 15) is 5.11 Å². The number of nitrogens with zero attached hydrogens (tertiary/aromatic N) is 1. The maximum absolute atomic E-state index is 9.24. The summed E-state index contributed by atoms with van der Waals surface area (Å²) in [5.74, 6) is 0. The first-order valence-electron chi connectivity index (χ1n) is 7.39. The van der Waals surface area contributed by atoms with E-state index in [-0.39, 0.29) is 24.9 Å². The van der Waals surface area contributed by atoms with Crippen molar-refractivity contribution in [3.63, 3.8) is 0 Å². The van der Waals surface area contributed by atoms with E-state index in [0.29, 0.717) is 0 Å². The fourth-order valence-electron chi connectivity index (χ4n) is 2.81. The number of hydrogen-bond acceptors (Lipinski definition) is 4. The first-order chi connectivity index (χ1) is 9.58. The van der Waals surface area contributed by atoms with Crippen molar-refractivity contribution in [2.24, 2.45) is 5.73 Å². The standard InChI is InChI=1S/C16H26N2O2/c1-12-4-3-5-14(8-12)16(17)6-7-18-9-13(2)20-15(10-18)11-19/h3-5,8,13,15-16,19H,6-7,9-11,17H2,1-2H3. The molecule has 0 spiro atoms. The van der Waals surface area contributed by atoms with E-state index in [0.717, 1.165) is 26.1 Å². The molecule has 0 bridgehead atoms. The van der Waals surface area contributed by atoms with E-state index < -0.39 is 0 Å². The SMILES string of the molecule is Cc1cccc(C(N)CCN2CC(C)OC(CO)C2)c1. The summed E-state index contributed by atoms with van der Waals surface area (Å²) >= 11 is 0. The van der Waals surface area contributed by atoms with E-state index in [1.165, 1.54) is 11.1 Å². The number of aliphatic hydroxyl groups excluding tert-OH is 1. The molecule has 20 heavy (non-hydrogen) atoms. The third-order valence-corrected chi connectivity index (χ3v) is 3.83. The Hall–Kier alpha value is -0.940. The average molecular weight is 278 g/mol. The zero-order valence-electron chi connectivity index (χ0n) is 12.5. The second-order valence-corrected chi connectivity index (χ2v) is 5.82. The topological polar surface area (TPSA) is 58.7 Å². The van der Waals surface area contributed by atoms with Gasteiger partial charge in [0.2, 0.25) is 0 Å². The van der Waals surface area contributed by atoms with Crippen LogP contribution < -0.4 is 5.73 Å². The lowest BCUT2D eigenvalue weighted by Gasteiger charge is -2.36. The van der Waals surface area contributed by atoms with E-state index in [1.54, 1.807) is 0 Å². The Labute approximate surface area is 121 Å². The molecule has 3 atom stereocenters. The molecule has 1 aromatic rings. The molecule has 112 valence electrons. The third-order valence-electron chi connectivity index (χ3n) is 3.83. The molecule has 4 nitrogen and oxygen atoms in total. The van der Waals surface area contributed by atoms with Gasteiger partial charge < -0.3 is 15.6 Å². The fourth-order valence-corrected chi connectivity index (χ4v) is 2.81. The van der Waals surface area contributed by atoms with Gasteiger partial charge in [0.25, 0.3) is 0 Å². The first kappa shape index (κ1) is 15.4. The lowest BCUT2D eigenvalue weighted by atomic mass is 10.0. The van der Waals surface area contributed by atoms with Crippen LogP contribution in [0.3, 0.4) is 0 Å². The summed E-state index contributed by atoms with van der Waals surface area (Å²) in [5.41, 5.74) is 8.72. The van der Waals surface area contributed by atoms with Gasteiger partial charge in [-0.25, -0.2) is 0 Å². The molecule has 1 saturated heterocycles. The van der Waals surface area contributed by atoms with Crippen molar-refractivity contribution in [1.29, 1.82) is 0 Å². The van der Waals surface area contributed by atoms with Crippen LogP contribution in [0.25, 0.3) is 0 Å². The van der Waals surface area contributed by atoms with Crippen molar-refractivity contribution in [2.45, 2.75) is 38.5 Å². The van der Waals surface area contributed by atoms with E-state index in [4.69, 9.17) is 10.5 Å². The number of hydrogen-bond donors (Lipinski definition) is 2. The highest BCUT2D eigenvalue weighted by molar-refractivity contribution is 5.24.